The van der Waals surface area contributed by atoms with Gasteiger partial charge in [-0.3, -0.25) is 4.79 Å². The minimum Gasteiger partial charge on any atom is -0.465 e. The maximum atomic E-state index is 11.9. The molecule has 0 heterocycles. The van der Waals surface area contributed by atoms with Crippen molar-refractivity contribution in [3.8, 4) is 0 Å². The van der Waals surface area contributed by atoms with Crippen molar-refractivity contribution in [3.05, 3.63) is 0 Å². The number of esters is 1. The summed E-state index contributed by atoms with van der Waals surface area (Å²) in [6.45, 7) is 0.890. The molecule has 14 heavy (non-hydrogen) atoms. The number of hydrogen-bond donors (Lipinski definition) is 0. The van der Waals surface area contributed by atoms with Crippen molar-refractivity contribution >= 4 is 16.0 Å². The molecular formula is C6H11F2NO4S. The molecule has 0 aliphatic rings. The first kappa shape index (κ1) is 13.2. The normalized spacial score (nSPS) is 12.1. The van der Waals surface area contributed by atoms with E-state index in [0.29, 0.717) is 0 Å². The molecular weight excluding hydrogens is 220 g/mol. The van der Waals surface area contributed by atoms with Gasteiger partial charge in [-0.2, -0.15) is 13.1 Å². The number of ether oxygens (including phenoxy) is 1. The molecule has 0 unspecified atom stereocenters. The van der Waals surface area contributed by atoms with Crippen LogP contribution in [-0.2, 0) is 19.6 Å². The summed E-state index contributed by atoms with van der Waals surface area (Å²) < 4.78 is 50.0. The van der Waals surface area contributed by atoms with Crippen molar-refractivity contribution in [2.75, 3.05) is 20.2 Å². The van der Waals surface area contributed by atoms with E-state index in [1.807, 2.05) is 0 Å². The van der Waals surface area contributed by atoms with Crippen LogP contribution >= 0.6 is 0 Å². The number of carbonyl (C=O) groups excluding carboxylic acids is 1. The summed E-state index contributed by atoms with van der Waals surface area (Å²) in [5, 5.41) is 0. The summed E-state index contributed by atoms with van der Waals surface area (Å²) >= 11 is 0. The molecule has 0 aliphatic carbocycles. The zero-order valence-electron chi connectivity index (χ0n) is 7.74. The second-order valence-electron chi connectivity index (χ2n) is 2.37. The summed E-state index contributed by atoms with van der Waals surface area (Å²) in [6, 6.07) is 0. The maximum Gasteiger partial charge on any atom is 0.350 e. The van der Waals surface area contributed by atoms with Crippen molar-refractivity contribution in [3.63, 3.8) is 0 Å². The molecule has 0 bridgehead atoms. The second-order valence-corrected chi connectivity index (χ2v) is 4.38. The highest BCUT2D eigenvalue weighted by Gasteiger charge is 2.30. The first-order valence-corrected chi connectivity index (χ1v) is 5.21. The van der Waals surface area contributed by atoms with Gasteiger partial charge in [-0.15, -0.1) is 0 Å². The minimum absolute atomic E-state index is 0.0708. The van der Waals surface area contributed by atoms with Gasteiger partial charge in [0.1, 0.15) is 6.54 Å². The predicted octanol–water partition coefficient (Wildman–Crippen LogP) is 0.0337. The number of alkyl halides is 2. The van der Waals surface area contributed by atoms with Crippen LogP contribution in [-0.4, -0.2) is 44.6 Å². The summed E-state index contributed by atoms with van der Waals surface area (Å²) in [7, 11) is -3.80. The fourth-order valence-corrected chi connectivity index (χ4v) is 1.17. The average molecular weight is 231 g/mol. The number of nitrogens with zero attached hydrogens (tertiary/aromatic N) is 1. The van der Waals surface area contributed by atoms with Gasteiger partial charge in [-0.1, -0.05) is 0 Å². The Morgan fingerprint density at radius 3 is 2.36 bits per heavy atom. The number of sulfonamides is 1. The Morgan fingerprint density at radius 2 is 2.00 bits per heavy atom. The first-order valence-electron chi connectivity index (χ1n) is 3.71. The van der Waals surface area contributed by atoms with E-state index in [1.165, 1.54) is 6.92 Å². The lowest BCUT2D eigenvalue weighted by molar-refractivity contribution is -0.143. The van der Waals surface area contributed by atoms with Gasteiger partial charge < -0.3 is 4.74 Å². The number of halogens is 2. The summed E-state index contributed by atoms with van der Waals surface area (Å²) in [5.74, 6) is -4.39. The lowest BCUT2D eigenvalue weighted by atomic mass is 10.6. The molecule has 84 valence electrons. The Labute approximate surface area is 80.7 Å². The Morgan fingerprint density at radius 1 is 1.50 bits per heavy atom. The molecule has 0 atom stereocenters. The van der Waals surface area contributed by atoms with Gasteiger partial charge in [0, 0.05) is 7.05 Å². The van der Waals surface area contributed by atoms with E-state index in [0.717, 1.165) is 7.05 Å². The molecule has 0 saturated heterocycles. The van der Waals surface area contributed by atoms with E-state index < -0.39 is 28.3 Å². The molecule has 8 heteroatoms. The van der Waals surface area contributed by atoms with Gasteiger partial charge in [0.25, 0.3) is 10.0 Å². The zero-order valence-corrected chi connectivity index (χ0v) is 8.55. The second kappa shape index (κ2) is 5.20. The van der Waals surface area contributed by atoms with Gasteiger partial charge in [0.15, 0.2) is 0 Å². The monoisotopic (exact) mass is 231 g/mol. The molecule has 5 nitrogen and oxygen atoms in total. The Hall–Kier alpha value is -0.760. The summed E-state index contributed by atoms with van der Waals surface area (Å²) in [5.41, 5.74) is 0. The third-order valence-corrected chi connectivity index (χ3v) is 2.76. The molecule has 0 fully saturated rings. The van der Waals surface area contributed by atoms with Crippen molar-refractivity contribution in [2.24, 2.45) is 0 Å². The van der Waals surface area contributed by atoms with Gasteiger partial charge >= 0.3 is 11.7 Å². The standard InChI is InChI=1S/C6H11F2NO4S/c1-3-13-5(10)4-9(2)14(11,12)6(7)8/h6H,3-4H2,1-2H3. The first-order chi connectivity index (χ1) is 6.32. The van der Waals surface area contributed by atoms with Crippen molar-refractivity contribution < 1.29 is 26.7 Å². The Bertz CT molecular complexity index is 290. The highest BCUT2D eigenvalue weighted by atomic mass is 32.2. The number of hydrogen-bond acceptors (Lipinski definition) is 4. The van der Waals surface area contributed by atoms with E-state index >= 15 is 0 Å². The quantitative estimate of drug-likeness (QED) is 0.626. The van der Waals surface area contributed by atoms with E-state index in [1.54, 1.807) is 0 Å². The van der Waals surface area contributed by atoms with Gasteiger partial charge in [0.05, 0.1) is 6.61 Å². The van der Waals surface area contributed by atoms with Crippen LogP contribution in [0.15, 0.2) is 0 Å². The largest absolute Gasteiger partial charge is 0.465 e. The zero-order chi connectivity index (χ0) is 11.4. The lowest BCUT2D eigenvalue weighted by Gasteiger charge is -2.14. The highest BCUT2D eigenvalue weighted by molar-refractivity contribution is 7.89. The van der Waals surface area contributed by atoms with Crippen LogP contribution in [0.1, 0.15) is 6.92 Å². The molecule has 0 aliphatic heterocycles. The summed E-state index contributed by atoms with van der Waals surface area (Å²) in [6.07, 6.45) is 0. The van der Waals surface area contributed by atoms with E-state index in [9.17, 15) is 22.0 Å². The fraction of sp³-hybridized carbons (Fsp3) is 0.833. The topological polar surface area (TPSA) is 63.7 Å². The molecule has 0 rings (SSSR count). The number of likely N-dealkylation sites (N-methyl/N-ethyl adjacent to an activating group) is 1. The third-order valence-electron chi connectivity index (χ3n) is 1.32. The molecule has 0 aromatic rings. The lowest BCUT2D eigenvalue weighted by Crippen LogP contribution is -2.36. The van der Waals surface area contributed by atoms with Crippen molar-refractivity contribution in [1.82, 2.24) is 4.31 Å². The van der Waals surface area contributed by atoms with Crippen LogP contribution in [0.2, 0.25) is 0 Å². The van der Waals surface area contributed by atoms with Crippen LogP contribution in [0.3, 0.4) is 0 Å². The predicted molar refractivity (Wildman–Crippen MR) is 44.2 cm³/mol. The van der Waals surface area contributed by atoms with Crippen LogP contribution in [0.5, 0.6) is 0 Å². The molecule has 0 aromatic carbocycles. The highest BCUT2D eigenvalue weighted by Crippen LogP contribution is 2.09. The van der Waals surface area contributed by atoms with E-state index in [2.05, 4.69) is 4.74 Å². The number of carbonyl (C=O) groups is 1. The van der Waals surface area contributed by atoms with Crippen LogP contribution in [0.25, 0.3) is 0 Å². The smallest absolute Gasteiger partial charge is 0.350 e. The fourth-order valence-electron chi connectivity index (χ4n) is 0.614. The maximum absolute atomic E-state index is 11.9. The van der Waals surface area contributed by atoms with Crippen LogP contribution in [0, 0.1) is 0 Å². The Kier molecular flexibility index (Phi) is 4.92. The van der Waals surface area contributed by atoms with E-state index in [4.69, 9.17) is 0 Å². The van der Waals surface area contributed by atoms with Crippen molar-refractivity contribution in [2.45, 2.75) is 12.7 Å². The minimum atomic E-state index is -4.69. The third kappa shape index (κ3) is 3.54. The van der Waals surface area contributed by atoms with Gasteiger partial charge in [-0.05, 0) is 6.92 Å². The summed E-state index contributed by atoms with van der Waals surface area (Å²) in [4.78, 5) is 10.7. The van der Waals surface area contributed by atoms with Crippen LogP contribution < -0.4 is 0 Å². The van der Waals surface area contributed by atoms with Gasteiger partial charge in [0.2, 0.25) is 0 Å². The van der Waals surface area contributed by atoms with Gasteiger partial charge in [-0.25, -0.2) is 8.42 Å². The molecule has 0 aromatic heterocycles. The SMILES string of the molecule is CCOC(=O)CN(C)S(=O)(=O)C(F)F. The van der Waals surface area contributed by atoms with E-state index in [-0.39, 0.29) is 10.9 Å². The van der Waals surface area contributed by atoms with Crippen molar-refractivity contribution in [1.29, 1.82) is 0 Å². The Balaban J connectivity index is 4.35. The molecule has 0 saturated carbocycles. The van der Waals surface area contributed by atoms with Crippen LogP contribution in [0.4, 0.5) is 8.78 Å². The average Bonchev–Trinajstić information content (AvgIpc) is 2.03. The molecule has 0 N–H and O–H groups in total. The molecule has 0 radical (unpaired) electrons. The molecule has 0 spiro atoms. The number of rotatable bonds is 5. The molecule has 0 amide bonds.